The summed E-state index contributed by atoms with van der Waals surface area (Å²) < 4.78 is 7.63. The number of amides is 2. The van der Waals surface area contributed by atoms with E-state index in [1.165, 1.54) is 18.4 Å². The monoisotopic (exact) mass is 478 g/mol. The molecule has 1 saturated carbocycles. The number of carbonyl (C=O) groups excluding carboxylic acids is 2. The topological polar surface area (TPSA) is 92.1 Å². The Morgan fingerprint density at radius 2 is 1.86 bits per heavy atom. The Kier molecular flexibility index (Phi) is 6.54. The van der Waals surface area contributed by atoms with E-state index < -0.39 is 0 Å². The fraction of sp³-hybridized carbons (Fsp3) is 0.615. The number of aromatic nitrogens is 3. The Morgan fingerprint density at radius 1 is 1.11 bits per heavy atom. The van der Waals surface area contributed by atoms with Crippen LogP contribution in [0.3, 0.4) is 0 Å². The summed E-state index contributed by atoms with van der Waals surface area (Å²) in [5, 5.41) is 8.31. The SMILES string of the molecule is CC#CC(=O)N1CC[C@@H](OC(=O)N2CCC(Nc3cc(C4CC4)nc4c(C(C)C)cnn34)CC2)C1. The number of rotatable bonds is 5. The minimum absolute atomic E-state index is 0.203. The number of hydrogen-bond donors (Lipinski definition) is 1. The minimum Gasteiger partial charge on any atom is -0.444 e. The van der Waals surface area contributed by atoms with E-state index in [0.29, 0.717) is 44.4 Å². The van der Waals surface area contributed by atoms with Crippen LogP contribution in [-0.4, -0.2) is 74.7 Å². The molecule has 2 saturated heterocycles. The van der Waals surface area contributed by atoms with Crippen molar-refractivity contribution in [3.8, 4) is 11.8 Å². The zero-order valence-corrected chi connectivity index (χ0v) is 20.8. The lowest BCUT2D eigenvalue weighted by Crippen LogP contribution is -2.44. The molecule has 2 amide bonds. The van der Waals surface area contributed by atoms with Gasteiger partial charge in [0, 0.05) is 55.3 Å². The van der Waals surface area contributed by atoms with Crippen molar-refractivity contribution in [3.63, 3.8) is 0 Å². The van der Waals surface area contributed by atoms with Crippen LogP contribution in [-0.2, 0) is 9.53 Å². The zero-order valence-electron chi connectivity index (χ0n) is 20.8. The standard InChI is InChI=1S/C26H34N6O3/c1-4-5-24(33)31-13-10-20(16-31)35-26(34)30-11-8-19(9-12-30)28-23-14-22(18-6-7-18)29-25-21(17(2)3)15-27-32(23)25/h14-15,17-20,28H,6-13,16H2,1-3H3/t20-/m1/s1. The van der Waals surface area contributed by atoms with E-state index in [1.54, 1.807) is 16.7 Å². The number of fused-ring (bicyclic) bond motifs is 1. The molecule has 1 aliphatic carbocycles. The zero-order chi connectivity index (χ0) is 24.5. The lowest BCUT2D eigenvalue weighted by atomic mass is 10.1. The minimum atomic E-state index is -0.291. The van der Waals surface area contributed by atoms with Gasteiger partial charge in [-0.15, -0.1) is 0 Å². The van der Waals surface area contributed by atoms with Gasteiger partial charge >= 0.3 is 6.09 Å². The highest BCUT2D eigenvalue weighted by Gasteiger charge is 2.32. The van der Waals surface area contributed by atoms with E-state index >= 15 is 0 Å². The molecule has 0 bridgehead atoms. The molecule has 1 atom stereocenters. The van der Waals surface area contributed by atoms with Crippen molar-refractivity contribution < 1.29 is 14.3 Å². The number of ether oxygens (including phenoxy) is 1. The van der Waals surface area contributed by atoms with Crippen molar-refractivity contribution in [1.29, 1.82) is 0 Å². The van der Waals surface area contributed by atoms with E-state index in [4.69, 9.17) is 9.72 Å². The van der Waals surface area contributed by atoms with Gasteiger partial charge in [0.05, 0.1) is 12.7 Å². The average Bonchev–Trinajstić information content (AvgIpc) is 3.43. The van der Waals surface area contributed by atoms with Gasteiger partial charge in [0.1, 0.15) is 11.9 Å². The Morgan fingerprint density at radius 3 is 2.54 bits per heavy atom. The van der Waals surface area contributed by atoms with Crippen LogP contribution in [0.2, 0.25) is 0 Å². The smallest absolute Gasteiger partial charge is 0.410 e. The highest BCUT2D eigenvalue weighted by Crippen LogP contribution is 2.40. The molecule has 1 N–H and O–H groups in total. The molecule has 0 unspecified atom stereocenters. The van der Waals surface area contributed by atoms with Crippen LogP contribution < -0.4 is 5.32 Å². The Labute approximate surface area is 206 Å². The third-order valence-electron chi connectivity index (χ3n) is 7.17. The second-order valence-corrected chi connectivity index (χ2v) is 10.2. The Balaban J connectivity index is 1.18. The summed E-state index contributed by atoms with van der Waals surface area (Å²) in [5.41, 5.74) is 3.27. The molecule has 5 rings (SSSR count). The van der Waals surface area contributed by atoms with E-state index in [0.717, 1.165) is 30.0 Å². The van der Waals surface area contributed by atoms with Gasteiger partial charge in [-0.2, -0.15) is 9.61 Å². The van der Waals surface area contributed by atoms with Crippen LogP contribution in [0.25, 0.3) is 5.65 Å². The highest BCUT2D eigenvalue weighted by atomic mass is 16.6. The fourth-order valence-corrected chi connectivity index (χ4v) is 4.92. The fourth-order valence-electron chi connectivity index (χ4n) is 4.92. The number of nitrogens with one attached hydrogen (secondary N) is 1. The quantitative estimate of drug-likeness (QED) is 0.663. The Bertz CT molecular complexity index is 1170. The summed E-state index contributed by atoms with van der Waals surface area (Å²) in [7, 11) is 0. The first-order valence-electron chi connectivity index (χ1n) is 12.7. The van der Waals surface area contributed by atoms with Gasteiger partial charge in [-0.1, -0.05) is 19.8 Å². The van der Waals surface area contributed by atoms with Gasteiger partial charge in [0.25, 0.3) is 5.91 Å². The van der Waals surface area contributed by atoms with E-state index in [2.05, 4.69) is 42.2 Å². The summed E-state index contributed by atoms with van der Waals surface area (Å²) >= 11 is 0. The molecule has 9 heteroatoms. The maximum Gasteiger partial charge on any atom is 0.410 e. The second-order valence-electron chi connectivity index (χ2n) is 10.2. The number of likely N-dealkylation sites (tertiary alicyclic amines) is 2. The molecular formula is C26H34N6O3. The molecule has 2 aliphatic heterocycles. The van der Waals surface area contributed by atoms with Crippen molar-refractivity contribution in [1.82, 2.24) is 24.4 Å². The van der Waals surface area contributed by atoms with Crippen LogP contribution in [0, 0.1) is 11.8 Å². The molecule has 0 spiro atoms. The lowest BCUT2D eigenvalue weighted by molar-refractivity contribution is -0.124. The summed E-state index contributed by atoms with van der Waals surface area (Å²) in [6, 6.07) is 2.40. The van der Waals surface area contributed by atoms with E-state index in [-0.39, 0.29) is 24.1 Å². The molecule has 3 fully saturated rings. The Hall–Kier alpha value is -3.28. The maximum atomic E-state index is 12.7. The predicted octanol–water partition coefficient (Wildman–Crippen LogP) is 3.37. The number of nitrogens with zero attached hydrogens (tertiary/aromatic N) is 5. The van der Waals surface area contributed by atoms with Crippen LogP contribution in [0.5, 0.6) is 0 Å². The number of carbonyl (C=O) groups is 2. The maximum absolute atomic E-state index is 12.7. The summed E-state index contributed by atoms with van der Waals surface area (Å²) in [5.74, 6) is 6.88. The van der Waals surface area contributed by atoms with Gasteiger partial charge in [-0.05, 0) is 44.4 Å². The van der Waals surface area contributed by atoms with E-state index in [1.807, 2.05) is 10.7 Å². The molecule has 186 valence electrons. The van der Waals surface area contributed by atoms with Crippen LogP contribution in [0.15, 0.2) is 12.3 Å². The normalized spacial score (nSPS) is 20.7. The van der Waals surface area contributed by atoms with Crippen molar-refractivity contribution in [2.75, 3.05) is 31.5 Å². The van der Waals surface area contributed by atoms with Crippen molar-refractivity contribution >= 4 is 23.5 Å². The molecule has 4 heterocycles. The first kappa shape index (κ1) is 23.5. The van der Waals surface area contributed by atoms with Crippen LogP contribution >= 0.6 is 0 Å². The number of hydrogen-bond acceptors (Lipinski definition) is 6. The molecule has 9 nitrogen and oxygen atoms in total. The first-order chi connectivity index (χ1) is 16.9. The van der Waals surface area contributed by atoms with Crippen LogP contribution in [0.1, 0.15) is 76.0 Å². The first-order valence-corrected chi connectivity index (χ1v) is 12.7. The molecule has 0 radical (unpaired) electrons. The number of piperidine rings is 1. The largest absolute Gasteiger partial charge is 0.444 e. The predicted molar refractivity (Wildman–Crippen MR) is 132 cm³/mol. The molecular weight excluding hydrogens is 444 g/mol. The van der Waals surface area contributed by atoms with Gasteiger partial charge in [-0.25, -0.2) is 9.78 Å². The molecule has 0 aromatic carbocycles. The molecule has 35 heavy (non-hydrogen) atoms. The highest BCUT2D eigenvalue weighted by molar-refractivity contribution is 5.93. The molecule has 2 aromatic rings. The van der Waals surface area contributed by atoms with Crippen molar-refractivity contribution in [2.45, 2.75) is 76.9 Å². The summed E-state index contributed by atoms with van der Waals surface area (Å²) in [4.78, 5) is 33.0. The second kappa shape index (κ2) is 9.76. The van der Waals surface area contributed by atoms with Gasteiger partial charge in [0.2, 0.25) is 0 Å². The summed E-state index contributed by atoms with van der Waals surface area (Å²) in [6.45, 7) is 8.24. The number of anilines is 1. The lowest BCUT2D eigenvalue weighted by Gasteiger charge is -2.33. The van der Waals surface area contributed by atoms with Gasteiger partial charge in [-0.3, -0.25) is 4.79 Å². The van der Waals surface area contributed by atoms with Crippen LogP contribution in [0.4, 0.5) is 10.6 Å². The molecule has 3 aliphatic rings. The average molecular weight is 479 g/mol. The van der Waals surface area contributed by atoms with Gasteiger partial charge < -0.3 is 19.9 Å². The molecule has 2 aromatic heterocycles. The van der Waals surface area contributed by atoms with Gasteiger partial charge in [0.15, 0.2) is 5.65 Å². The third-order valence-corrected chi connectivity index (χ3v) is 7.17. The summed E-state index contributed by atoms with van der Waals surface area (Å²) in [6.07, 6.45) is 6.10. The third kappa shape index (κ3) is 5.07. The van der Waals surface area contributed by atoms with Crippen molar-refractivity contribution in [2.24, 2.45) is 0 Å². The van der Waals surface area contributed by atoms with Crippen molar-refractivity contribution in [3.05, 3.63) is 23.5 Å². The van der Waals surface area contributed by atoms with E-state index in [9.17, 15) is 9.59 Å².